The molecule has 0 aliphatic carbocycles. The fourth-order valence-corrected chi connectivity index (χ4v) is 2.28. The number of hydrogen-bond acceptors (Lipinski definition) is 5. The SMILES string of the molecule is Nc1ncc(F)c(Sc2nc3ccccc3[nH]2)n1. The van der Waals surface area contributed by atoms with E-state index in [1.807, 2.05) is 24.3 Å². The summed E-state index contributed by atoms with van der Waals surface area (Å²) in [6.45, 7) is 0. The van der Waals surface area contributed by atoms with Gasteiger partial charge in [0.05, 0.1) is 17.2 Å². The summed E-state index contributed by atoms with van der Waals surface area (Å²) in [6, 6.07) is 7.57. The number of nitrogens with two attached hydrogens (primary N) is 1. The molecule has 0 aliphatic heterocycles. The Morgan fingerprint density at radius 2 is 2.06 bits per heavy atom. The fourth-order valence-electron chi connectivity index (χ4n) is 1.51. The molecule has 0 saturated carbocycles. The van der Waals surface area contributed by atoms with Crippen molar-refractivity contribution in [3.63, 3.8) is 0 Å². The molecule has 3 aromatic rings. The second-order valence-electron chi connectivity index (χ2n) is 3.54. The Morgan fingerprint density at radius 3 is 2.89 bits per heavy atom. The van der Waals surface area contributed by atoms with Crippen LogP contribution in [0.3, 0.4) is 0 Å². The number of H-pyrrole nitrogens is 1. The van der Waals surface area contributed by atoms with Gasteiger partial charge in [0.2, 0.25) is 5.95 Å². The van der Waals surface area contributed by atoms with Gasteiger partial charge in [-0.05, 0) is 23.9 Å². The normalized spacial score (nSPS) is 10.9. The Hall–Kier alpha value is -2.15. The highest BCUT2D eigenvalue weighted by molar-refractivity contribution is 7.99. The number of fused-ring (bicyclic) bond motifs is 1. The molecule has 2 heterocycles. The minimum absolute atomic E-state index is 0.0370. The summed E-state index contributed by atoms with van der Waals surface area (Å²) in [7, 11) is 0. The van der Waals surface area contributed by atoms with Gasteiger partial charge < -0.3 is 10.7 Å². The van der Waals surface area contributed by atoms with Crippen molar-refractivity contribution >= 4 is 28.7 Å². The molecule has 18 heavy (non-hydrogen) atoms. The first kappa shape index (κ1) is 11.0. The molecule has 0 saturated heterocycles. The van der Waals surface area contributed by atoms with Crippen molar-refractivity contribution in [3.8, 4) is 0 Å². The van der Waals surface area contributed by atoms with E-state index in [4.69, 9.17) is 5.73 Å². The van der Waals surface area contributed by atoms with Gasteiger partial charge in [0, 0.05) is 0 Å². The van der Waals surface area contributed by atoms with Crippen LogP contribution in [0.4, 0.5) is 10.3 Å². The van der Waals surface area contributed by atoms with Crippen LogP contribution in [-0.4, -0.2) is 19.9 Å². The van der Waals surface area contributed by atoms with Crippen LogP contribution in [0, 0.1) is 5.82 Å². The summed E-state index contributed by atoms with van der Waals surface area (Å²) in [5.41, 5.74) is 7.14. The fraction of sp³-hybridized carbons (Fsp3) is 0. The van der Waals surface area contributed by atoms with E-state index in [9.17, 15) is 4.39 Å². The highest BCUT2D eigenvalue weighted by Crippen LogP contribution is 2.27. The van der Waals surface area contributed by atoms with Crippen molar-refractivity contribution in [1.29, 1.82) is 0 Å². The molecule has 0 fully saturated rings. The third kappa shape index (κ3) is 2.00. The number of nitrogens with zero attached hydrogens (tertiary/aromatic N) is 3. The topological polar surface area (TPSA) is 80.5 Å². The predicted octanol–water partition coefficient (Wildman–Crippen LogP) is 2.23. The molecule has 3 N–H and O–H groups in total. The van der Waals surface area contributed by atoms with Gasteiger partial charge >= 0.3 is 0 Å². The Balaban J connectivity index is 1.98. The van der Waals surface area contributed by atoms with Crippen molar-refractivity contribution in [2.45, 2.75) is 10.2 Å². The van der Waals surface area contributed by atoms with Crippen LogP contribution in [0.2, 0.25) is 0 Å². The number of nitrogens with one attached hydrogen (secondary N) is 1. The number of nitrogen functional groups attached to an aromatic ring is 1. The van der Waals surface area contributed by atoms with Crippen molar-refractivity contribution in [2.24, 2.45) is 0 Å². The summed E-state index contributed by atoms with van der Waals surface area (Å²) < 4.78 is 13.5. The number of aromatic nitrogens is 4. The number of benzene rings is 1. The van der Waals surface area contributed by atoms with Crippen molar-refractivity contribution in [1.82, 2.24) is 19.9 Å². The molecule has 5 nitrogen and oxygen atoms in total. The zero-order valence-corrected chi connectivity index (χ0v) is 9.91. The number of halogens is 1. The standard InChI is InChI=1S/C11H8FN5S/c12-6-5-14-10(13)17-9(6)18-11-15-7-3-1-2-4-8(7)16-11/h1-5H,(H,15,16)(H2,13,14,17). The first-order valence-corrected chi connectivity index (χ1v) is 5.94. The van der Waals surface area contributed by atoms with Crippen molar-refractivity contribution in [3.05, 3.63) is 36.3 Å². The van der Waals surface area contributed by atoms with Crippen LogP contribution in [-0.2, 0) is 0 Å². The average Bonchev–Trinajstić information content (AvgIpc) is 2.76. The van der Waals surface area contributed by atoms with Crippen LogP contribution in [0.1, 0.15) is 0 Å². The Kier molecular flexibility index (Phi) is 2.60. The van der Waals surface area contributed by atoms with E-state index in [0.717, 1.165) is 29.0 Å². The van der Waals surface area contributed by atoms with E-state index in [-0.39, 0.29) is 11.0 Å². The average molecular weight is 261 g/mol. The molecule has 1 aromatic carbocycles. The maximum absolute atomic E-state index is 13.5. The number of para-hydroxylation sites is 2. The van der Waals surface area contributed by atoms with Crippen LogP contribution in [0.25, 0.3) is 11.0 Å². The molecular weight excluding hydrogens is 253 g/mol. The van der Waals surface area contributed by atoms with Gasteiger partial charge in [-0.3, -0.25) is 0 Å². The summed E-state index contributed by atoms with van der Waals surface area (Å²) in [5, 5.41) is 0.717. The van der Waals surface area contributed by atoms with Crippen LogP contribution >= 0.6 is 11.8 Å². The van der Waals surface area contributed by atoms with Gasteiger partial charge in [-0.25, -0.2) is 19.3 Å². The lowest BCUT2D eigenvalue weighted by molar-refractivity contribution is 0.580. The molecule has 7 heteroatoms. The number of hydrogen-bond donors (Lipinski definition) is 2. The molecule has 0 spiro atoms. The molecule has 0 unspecified atom stereocenters. The molecule has 0 amide bonds. The van der Waals surface area contributed by atoms with Crippen LogP contribution in [0.15, 0.2) is 40.6 Å². The van der Waals surface area contributed by atoms with Gasteiger partial charge in [0.15, 0.2) is 11.0 Å². The maximum atomic E-state index is 13.5. The van der Waals surface area contributed by atoms with E-state index in [1.165, 1.54) is 0 Å². The molecule has 0 radical (unpaired) electrons. The molecule has 2 aromatic heterocycles. The smallest absolute Gasteiger partial charge is 0.221 e. The Labute approximate surface area is 106 Å². The van der Waals surface area contributed by atoms with Gasteiger partial charge in [0.25, 0.3) is 0 Å². The lowest BCUT2D eigenvalue weighted by atomic mass is 10.3. The molecule has 3 rings (SSSR count). The summed E-state index contributed by atoms with van der Waals surface area (Å²) in [5.74, 6) is -0.482. The van der Waals surface area contributed by atoms with Gasteiger partial charge in [-0.2, -0.15) is 0 Å². The third-order valence-corrected chi connectivity index (χ3v) is 3.16. The van der Waals surface area contributed by atoms with E-state index in [2.05, 4.69) is 19.9 Å². The maximum Gasteiger partial charge on any atom is 0.221 e. The number of rotatable bonds is 2. The monoisotopic (exact) mass is 261 g/mol. The van der Waals surface area contributed by atoms with E-state index in [0.29, 0.717) is 5.16 Å². The van der Waals surface area contributed by atoms with Crippen LogP contribution in [0.5, 0.6) is 0 Å². The van der Waals surface area contributed by atoms with E-state index in [1.54, 1.807) is 0 Å². The zero-order valence-electron chi connectivity index (χ0n) is 9.09. The van der Waals surface area contributed by atoms with Gasteiger partial charge in [-0.15, -0.1) is 0 Å². The molecular formula is C11H8FN5S. The number of imidazole rings is 1. The van der Waals surface area contributed by atoms with Gasteiger partial charge in [0.1, 0.15) is 5.03 Å². The zero-order chi connectivity index (χ0) is 12.5. The molecule has 0 aliphatic rings. The highest BCUT2D eigenvalue weighted by Gasteiger charge is 2.10. The lowest BCUT2D eigenvalue weighted by Crippen LogP contribution is -1.97. The summed E-state index contributed by atoms with van der Waals surface area (Å²) in [6.07, 6.45) is 1.05. The second-order valence-corrected chi connectivity index (χ2v) is 4.52. The number of anilines is 1. The molecule has 0 atom stereocenters. The minimum atomic E-state index is -0.519. The number of aromatic amines is 1. The van der Waals surface area contributed by atoms with Crippen molar-refractivity contribution in [2.75, 3.05) is 5.73 Å². The predicted molar refractivity (Wildman–Crippen MR) is 66.6 cm³/mol. The largest absolute Gasteiger partial charge is 0.368 e. The first-order chi connectivity index (χ1) is 8.72. The summed E-state index contributed by atoms with van der Waals surface area (Å²) >= 11 is 1.08. The lowest BCUT2D eigenvalue weighted by Gasteiger charge is -1.99. The molecule has 90 valence electrons. The Bertz CT molecular complexity index is 678. The highest BCUT2D eigenvalue weighted by atomic mass is 32.2. The third-order valence-electron chi connectivity index (χ3n) is 2.29. The first-order valence-electron chi connectivity index (χ1n) is 5.13. The minimum Gasteiger partial charge on any atom is -0.368 e. The quantitative estimate of drug-likeness (QED) is 0.691. The van der Waals surface area contributed by atoms with E-state index < -0.39 is 5.82 Å². The Morgan fingerprint density at radius 1 is 1.22 bits per heavy atom. The molecule has 0 bridgehead atoms. The van der Waals surface area contributed by atoms with Crippen LogP contribution < -0.4 is 5.73 Å². The van der Waals surface area contributed by atoms with Crippen molar-refractivity contribution < 1.29 is 4.39 Å². The second kappa shape index (κ2) is 4.26. The summed E-state index contributed by atoms with van der Waals surface area (Å²) in [4.78, 5) is 14.8. The van der Waals surface area contributed by atoms with Gasteiger partial charge in [-0.1, -0.05) is 12.1 Å². The van der Waals surface area contributed by atoms with E-state index >= 15 is 0 Å².